The van der Waals surface area contributed by atoms with E-state index in [1.807, 2.05) is 61.5 Å². The lowest BCUT2D eigenvalue weighted by molar-refractivity contribution is -0.133. The molecule has 0 spiro atoms. The predicted molar refractivity (Wildman–Crippen MR) is 87.2 cm³/mol. The first-order valence-electron chi connectivity index (χ1n) is 6.89. The molecule has 4 heteroatoms. The number of hydrogen-bond donors (Lipinski definition) is 0. The van der Waals surface area contributed by atoms with Gasteiger partial charge in [0.25, 0.3) is 5.91 Å². The Kier molecular flexibility index (Phi) is 5.81. The largest absolute Gasteiger partial charge is 0.484 e. The van der Waals surface area contributed by atoms with Crippen molar-refractivity contribution in [3.05, 3.63) is 64.6 Å². The van der Waals surface area contributed by atoms with Crippen LogP contribution in [-0.4, -0.2) is 24.0 Å². The summed E-state index contributed by atoms with van der Waals surface area (Å²) < 4.78 is 6.52. The van der Waals surface area contributed by atoms with Gasteiger partial charge in [0.1, 0.15) is 5.75 Å². The minimum Gasteiger partial charge on any atom is -0.484 e. The van der Waals surface area contributed by atoms with Gasteiger partial charge in [-0.2, -0.15) is 0 Å². The van der Waals surface area contributed by atoms with Crippen LogP contribution in [0.25, 0.3) is 0 Å². The van der Waals surface area contributed by atoms with Crippen LogP contribution in [0.2, 0.25) is 0 Å². The Labute approximate surface area is 133 Å². The molecule has 0 aliphatic heterocycles. The molecule has 0 saturated heterocycles. The molecule has 0 radical (unpaired) electrons. The minimum atomic E-state index is -0.00993. The SMILES string of the molecule is CCN(Cc1ccccc1)C(=O)COc1ccc(Br)cc1. The van der Waals surface area contributed by atoms with Gasteiger partial charge >= 0.3 is 0 Å². The smallest absolute Gasteiger partial charge is 0.260 e. The van der Waals surface area contributed by atoms with Crippen molar-refractivity contribution >= 4 is 21.8 Å². The molecule has 0 bridgehead atoms. The number of amides is 1. The molecule has 2 aromatic rings. The molecule has 0 saturated carbocycles. The molecule has 0 aliphatic rings. The summed E-state index contributed by atoms with van der Waals surface area (Å²) in [6.45, 7) is 3.31. The van der Waals surface area contributed by atoms with Gasteiger partial charge in [-0.25, -0.2) is 0 Å². The van der Waals surface area contributed by atoms with Crippen LogP contribution in [0.5, 0.6) is 5.75 Å². The van der Waals surface area contributed by atoms with Crippen LogP contribution in [0.4, 0.5) is 0 Å². The third-order valence-electron chi connectivity index (χ3n) is 3.13. The molecule has 0 N–H and O–H groups in total. The van der Waals surface area contributed by atoms with E-state index in [2.05, 4.69) is 15.9 Å². The number of nitrogens with zero attached hydrogens (tertiary/aromatic N) is 1. The maximum Gasteiger partial charge on any atom is 0.260 e. The van der Waals surface area contributed by atoms with E-state index in [0.29, 0.717) is 18.8 Å². The number of carbonyl (C=O) groups excluding carboxylic acids is 1. The Morgan fingerprint density at radius 1 is 1.10 bits per heavy atom. The third-order valence-corrected chi connectivity index (χ3v) is 3.66. The van der Waals surface area contributed by atoms with Crippen molar-refractivity contribution in [2.45, 2.75) is 13.5 Å². The van der Waals surface area contributed by atoms with E-state index >= 15 is 0 Å². The lowest BCUT2D eigenvalue weighted by atomic mass is 10.2. The number of benzene rings is 2. The fraction of sp³-hybridized carbons (Fsp3) is 0.235. The first-order chi connectivity index (χ1) is 10.2. The molecule has 0 aliphatic carbocycles. The van der Waals surface area contributed by atoms with Gasteiger partial charge in [0, 0.05) is 17.6 Å². The summed E-state index contributed by atoms with van der Waals surface area (Å²) in [5.74, 6) is 0.687. The second-order valence-corrected chi connectivity index (χ2v) is 5.55. The summed E-state index contributed by atoms with van der Waals surface area (Å²) in [6.07, 6.45) is 0. The van der Waals surface area contributed by atoms with Crippen molar-refractivity contribution in [2.24, 2.45) is 0 Å². The van der Waals surface area contributed by atoms with E-state index in [4.69, 9.17) is 4.74 Å². The predicted octanol–water partition coefficient (Wildman–Crippen LogP) is 3.88. The average Bonchev–Trinajstić information content (AvgIpc) is 2.52. The average molecular weight is 348 g/mol. The highest BCUT2D eigenvalue weighted by Crippen LogP contribution is 2.16. The molecule has 0 unspecified atom stereocenters. The van der Waals surface area contributed by atoms with Crippen LogP contribution in [-0.2, 0) is 11.3 Å². The van der Waals surface area contributed by atoms with Gasteiger partial charge < -0.3 is 9.64 Å². The van der Waals surface area contributed by atoms with Crippen LogP contribution < -0.4 is 4.74 Å². The maximum absolute atomic E-state index is 12.2. The van der Waals surface area contributed by atoms with Crippen molar-refractivity contribution in [2.75, 3.05) is 13.2 Å². The minimum absolute atomic E-state index is 0.00993. The van der Waals surface area contributed by atoms with Crippen LogP contribution >= 0.6 is 15.9 Å². The fourth-order valence-corrected chi connectivity index (χ4v) is 2.21. The molecule has 0 heterocycles. The lowest BCUT2D eigenvalue weighted by Crippen LogP contribution is -2.34. The van der Waals surface area contributed by atoms with Crippen molar-refractivity contribution in [3.8, 4) is 5.75 Å². The summed E-state index contributed by atoms with van der Waals surface area (Å²) in [4.78, 5) is 14.0. The van der Waals surface area contributed by atoms with Crippen LogP contribution in [0, 0.1) is 0 Å². The second-order valence-electron chi connectivity index (χ2n) is 4.64. The number of rotatable bonds is 6. The van der Waals surface area contributed by atoms with Crippen molar-refractivity contribution in [1.82, 2.24) is 4.90 Å². The van der Waals surface area contributed by atoms with Gasteiger partial charge in [0.05, 0.1) is 0 Å². The molecule has 2 rings (SSSR count). The van der Waals surface area contributed by atoms with Gasteiger partial charge in [0.2, 0.25) is 0 Å². The lowest BCUT2D eigenvalue weighted by Gasteiger charge is -2.21. The molecule has 21 heavy (non-hydrogen) atoms. The fourth-order valence-electron chi connectivity index (χ4n) is 1.95. The standard InChI is InChI=1S/C17H18BrNO2/c1-2-19(12-14-6-4-3-5-7-14)17(20)13-21-16-10-8-15(18)9-11-16/h3-11H,2,12-13H2,1H3. The summed E-state index contributed by atoms with van der Waals surface area (Å²) >= 11 is 3.37. The summed E-state index contributed by atoms with van der Waals surface area (Å²) in [6, 6.07) is 17.4. The van der Waals surface area contributed by atoms with Crippen LogP contribution in [0.1, 0.15) is 12.5 Å². The number of halogens is 1. The first-order valence-corrected chi connectivity index (χ1v) is 7.68. The quantitative estimate of drug-likeness (QED) is 0.793. The first kappa shape index (κ1) is 15.6. The molecule has 1 amide bonds. The number of ether oxygens (including phenoxy) is 1. The normalized spacial score (nSPS) is 10.2. The molecule has 0 fully saturated rings. The van der Waals surface area contributed by atoms with E-state index in [9.17, 15) is 4.79 Å². The summed E-state index contributed by atoms with van der Waals surface area (Å²) in [7, 11) is 0. The Morgan fingerprint density at radius 2 is 1.76 bits per heavy atom. The van der Waals surface area contributed by atoms with Gasteiger partial charge in [-0.15, -0.1) is 0 Å². The van der Waals surface area contributed by atoms with Gasteiger partial charge in [-0.1, -0.05) is 46.3 Å². The van der Waals surface area contributed by atoms with Gasteiger partial charge in [0.15, 0.2) is 6.61 Å². The van der Waals surface area contributed by atoms with E-state index in [1.54, 1.807) is 4.90 Å². The maximum atomic E-state index is 12.2. The molecule has 3 nitrogen and oxygen atoms in total. The molecular formula is C17H18BrNO2. The van der Waals surface area contributed by atoms with Crippen molar-refractivity contribution in [3.63, 3.8) is 0 Å². The highest BCUT2D eigenvalue weighted by atomic mass is 79.9. The molecular weight excluding hydrogens is 330 g/mol. The second kappa shape index (κ2) is 7.84. The highest BCUT2D eigenvalue weighted by Gasteiger charge is 2.12. The zero-order valence-electron chi connectivity index (χ0n) is 12.0. The molecule has 110 valence electrons. The Hall–Kier alpha value is -1.81. The van der Waals surface area contributed by atoms with Crippen molar-refractivity contribution < 1.29 is 9.53 Å². The number of hydrogen-bond acceptors (Lipinski definition) is 2. The summed E-state index contributed by atoms with van der Waals surface area (Å²) in [5.41, 5.74) is 1.12. The summed E-state index contributed by atoms with van der Waals surface area (Å²) in [5, 5.41) is 0. The van der Waals surface area contributed by atoms with Crippen LogP contribution in [0.3, 0.4) is 0 Å². The van der Waals surface area contributed by atoms with E-state index in [1.165, 1.54) is 0 Å². The van der Waals surface area contributed by atoms with Crippen molar-refractivity contribution in [1.29, 1.82) is 0 Å². The third kappa shape index (κ3) is 4.90. The Morgan fingerprint density at radius 3 is 2.38 bits per heavy atom. The van der Waals surface area contributed by atoms with Gasteiger partial charge in [-0.05, 0) is 36.8 Å². The zero-order valence-corrected chi connectivity index (χ0v) is 13.5. The van der Waals surface area contributed by atoms with Crippen LogP contribution in [0.15, 0.2) is 59.1 Å². The Balaban J connectivity index is 1.89. The van der Waals surface area contributed by atoms with E-state index < -0.39 is 0 Å². The number of carbonyl (C=O) groups is 1. The monoisotopic (exact) mass is 347 g/mol. The highest BCUT2D eigenvalue weighted by molar-refractivity contribution is 9.10. The topological polar surface area (TPSA) is 29.5 Å². The zero-order chi connectivity index (χ0) is 15.1. The Bertz CT molecular complexity index is 569. The van der Waals surface area contributed by atoms with E-state index in [0.717, 1.165) is 10.0 Å². The number of likely N-dealkylation sites (N-methyl/N-ethyl adjacent to an activating group) is 1. The molecule has 0 aromatic heterocycles. The molecule has 0 atom stereocenters. The van der Waals surface area contributed by atoms with Gasteiger partial charge in [-0.3, -0.25) is 4.79 Å². The van der Waals surface area contributed by atoms with E-state index in [-0.39, 0.29) is 12.5 Å². The molecule has 2 aromatic carbocycles.